The first-order valence-electron chi connectivity index (χ1n) is 6.98. The third kappa shape index (κ3) is 4.52. The molecular weight excluding hydrogens is 346 g/mol. The Bertz CT molecular complexity index is 657. The molecule has 0 aromatic carbocycles. The summed E-state index contributed by atoms with van der Waals surface area (Å²) in [7, 11) is -3.25. The molecule has 1 amide bonds. The fraction of sp³-hybridized carbons (Fsp3) is 0.538. The molecule has 0 spiro atoms. The summed E-state index contributed by atoms with van der Waals surface area (Å²) < 4.78 is 25.8. The van der Waals surface area contributed by atoms with Crippen LogP contribution in [0.4, 0.5) is 0 Å². The predicted molar refractivity (Wildman–Crippen MR) is 88.8 cm³/mol. The third-order valence-corrected chi connectivity index (χ3v) is 6.49. The average molecular weight is 364 g/mol. The van der Waals surface area contributed by atoms with E-state index in [1.807, 2.05) is 0 Å². The molecule has 1 aliphatic heterocycles. The summed E-state index contributed by atoms with van der Waals surface area (Å²) in [6.45, 7) is 2.31. The highest BCUT2D eigenvalue weighted by Crippen LogP contribution is 2.20. The number of sulfonamides is 1. The molecule has 1 N–H and O–H groups in total. The zero-order chi connectivity index (χ0) is 16.2. The van der Waals surface area contributed by atoms with Crippen LogP contribution in [0.25, 0.3) is 0 Å². The first-order valence-corrected chi connectivity index (χ1v) is 9.79. The van der Waals surface area contributed by atoms with E-state index in [2.05, 4.69) is 10.5 Å². The largest absolute Gasteiger partial charge is 0.273 e. The Morgan fingerprint density at radius 3 is 3.00 bits per heavy atom. The van der Waals surface area contributed by atoms with E-state index in [1.165, 1.54) is 21.9 Å². The second-order valence-electron chi connectivity index (χ2n) is 4.97. The van der Waals surface area contributed by atoms with Crippen molar-refractivity contribution in [2.75, 3.05) is 18.8 Å². The molecule has 1 fully saturated rings. The van der Waals surface area contributed by atoms with Gasteiger partial charge >= 0.3 is 0 Å². The Labute approximate surface area is 139 Å². The number of piperidine rings is 1. The first kappa shape index (κ1) is 17.4. The summed E-state index contributed by atoms with van der Waals surface area (Å²) in [5.41, 5.74) is 2.47. The zero-order valence-corrected chi connectivity index (χ0v) is 14.5. The van der Waals surface area contributed by atoms with E-state index >= 15 is 0 Å². The number of nitrogens with one attached hydrogen (secondary N) is 1. The molecule has 1 aliphatic rings. The van der Waals surface area contributed by atoms with Gasteiger partial charge in [-0.3, -0.25) is 4.79 Å². The van der Waals surface area contributed by atoms with Gasteiger partial charge in [-0.1, -0.05) is 11.6 Å². The quantitative estimate of drug-likeness (QED) is 0.641. The second-order valence-corrected chi connectivity index (χ2v) is 8.98. The Morgan fingerprint density at radius 1 is 1.59 bits per heavy atom. The van der Waals surface area contributed by atoms with Crippen molar-refractivity contribution in [2.24, 2.45) is 11.0 Å². The van der Waals surface area contributed by atoms with Gasteiger partial charge in [0.25, 0.3) is 0 Å². The molecule has 9 heteroatoms. The summed E-state index contributed by atoms with van der Waals surface area (Å²) in [5, 5.41) is 3.90. The van der Waals surface area contributed by atoms with E-state index < -0.39 is 10.0 Å². The standard InChI is InChI=1S/C13H18ClN3O3S2/c1-2-22(19,20)17-7-3-4-10(9-17)13(18)16-15-8-11-5-6-12(14)21-11/h5-6,8,10H,2-4,7,9H2,1H3,(H,16,18)/b15-8-/t10-/m0/s1. The number of hydrogen-bond donors (Lipinski definition) is 1. The average Bonchev–Trinajstić information content (AvgIpc) is 2.92. The number of amides is 1. The monoisotopic (exact) mass is 363 g/mol. The molecule has 1 atom stereocenters. The lowest BCUT2D eigenvalue weighted by molar-refractivity contribution is -0.126. The van der Waals surface area contributed by atoms with E-state index in [9.17, 15) is 13.2 Å². The van der Waals surface area contributed by atoms with E-state index in [0.29, 0.717) is 23.7 Å². The van der Waals surface area contributed by atoms with Gasteiger partial charge < -0.3 is 0 Å². The van der Waals surface area contributed by atoms with Crippen molar-refractivity contribution in [2.45, 2.75) is 19.8 Å². The lowest BCUT2D eigenvalue weighted by Gasteiger charge is -2.30. The minimum Gasteiger partial charge on any atom is -0.273 e. The lowest BCUT2D eigenvalue weighted by Crippen LogP contribution is -2.45. The molecule has 1 aromatic rings. The zero-order valence-electron chi connectivity index (χ0n) is 12.2. The number of carbonyl (C=O) groups is 1. The normalized spacial score (nSPS) is 20.4. The van der Waals surface area contributed by atoms with Crippen LogP contribution in [-0.4, -0.2) is 43.7 Å². The van der Waals surface area contributed by atoms with Crippen LogP contribution in [0, 0.1) is 5.92 Å². The molecule has 122 valence electrons. The van der Waals surface area contributed by atoms with Gasteiger partial charge in [0.1, 0.15) is 0 Å². The molecule has 0 aliphatic carbocycles. The molecule has 0 unspecified atom stereocenters. The molecule has 1 aromatic heterocycles. The van der Waals surface area contributed by atoms with Gasteiger partial charge in [-0.25, -0.2) is 18.1 Å². The van der Waals surface area contributed by atoms with E-state index in [4.69, 9.17) is 11.6 Å². The smallest absolute Gasteiger partial charge is 0.244 e. The maximum Gasteiger partial charge on any atom is 0.244 e. The van der Waals surface area contributed by atoms with Crippen LogP contribution in [-0.2, 0) is 14.8 Å². The summed E-state index contributed by atoms with van der Waals surface area (Å²) in [6, 6.07) is 3.56. The number of carbonyl (C=O) groups excluding carboxylic acids is 1. The van der Waals surface area contributed by atoms with Crippen molar-refractivity contribution >= 4 is 45.1 Å². The van der Waals surface area contributed by atoms with Crippen molar-refractivity contribution in [1.82, 2.24) is 9.73 Å². The molecule has 0 saturated carbocycles. The fourth-order valence-electron chi connectivity index (χ4n) is 2.24. The van der Waals surface area contributed by atoms with Gasteiger partial charge in [0.15, 0.2) is 0 Å². The fourth-order valence-corrected chi connectivity index (χ4v) is 4.35. The van der Waals surface area contributed by atoms with E-state index in [1.54, 1.807) is 19.1 Å². The van der Waals surface area contributed by atoms with Crippen LogP contribution >= 0.6 is 22.9 Å². The van der Waals surface area contributed by atoms with Crippen LogP contribution < -0.4 is 5.43 Å². The van der Waals surface area contributed by atoms with Crippen LogP contribution in [0.5, 0.6) is 0 Å². The first-order chi connectivity index (χ1) is 10.4. The van der Waals surface area contributed by atoms with Gasteiger partial charge in [0.2, 0.25) is 15.9 Å². The molecule has 6 nitrogen and oxygen atoms in total. The van der Waals surface area contributed by atoms with Gasteiger partial charge in [-0.2, -0.15) is 5.10 Å². The number of halogens is 1. The number of hydrazone groups is 1. The Hall–Kier alpha value is -0.960. The van der Waals surface area contributed by atoms with Crippen LogP contribution in [0.2, 0.25) is 4.34 Å². The number of rotatable bonds is 5. The Balaban J connectivity index is 1.91. The minimum absolute atomic E-state index is 0.0542. The highest BCUT2D eigenvalue weighted by molar-refractivity contribution is 7.89. The highest BCUT2D eigenvalue weighted by atomic mass is 35.5. The van der Waals surface area contributed by atoms with Crippen LogP contribution in [0.15, 0.2) is 17.2 Å². The summed E-state index contributed by atoms with van der Waals surface area (Å²) in [4.78, 5) is 12.9. The summed E-state index contributed by atoms with van der Waals surface area (Å²) >= 11 is 7.16. The van der Waals surface area contributed by atoms with Crippen molar-refractivity contribution in [3.05, 3.63) is 21.3 Å². The van der Waals surface area contributed by atoms with Crippen molar-refractivity contribution in [1.29, 1.82) is 0 Å². The highest BCUT2D eigenvalue weighted by Gasteiger charge is 2.31. The Morgan fingerprint density at radius 2 is 2.36 bits per heavy atom. The number of thiophene rings is 1. The Kier molecular flexibility index (Phi) is 5.96. The molecule has 0 radical (unpaired) electrons. The summed E-state index contributed by atoms with van der Waals surface area (Å²) in [5.74, 6) is -0.562. The van der Waals surface area contributed by atoms with E-state index in [0.717, 1.165) is 4.88 Å². The van der Waals surface area contributed by atoms with Crippen molar-refractivity contribution in [3.63, 3.8) is 0 Å². The van der Waals surface area contributed by atoms with Gasteiger partial charge in [0.05, 0.1) is 22.2 Å². The molecule has 1 saturated heterocycles. The van der Waals surface area contributed by atoms with Crippen molar-refractivity contribution < 1.29 is 13.2 Å². The third-order valence-electron chi connectivity index (χ3n) is 3.47. The van der Waals surface area contributed by atoms with Gasteiger partial charge in [-0.15, -0.1) is 11.3 Å². The maximum atomic E-state index is 12.1. The molecular formula is C13H18ClN3O3S2. The minimum atomic E-state index is -3.25. The van der Waals surface area contributed by atoms with Crippen molar-refractivity contribution in [3.8, 4) is 0 Å². The second kappa shape index (κ2) is 7.54. The number of hydrogen-bond acceptors (Lipinski definition) is 5. The van der Waals surface area contributed by atoms with E-state index in [-0.39, 0.29) is 24.1 Å². The topological polar surface area (TPSA) is 78.8 Å². The maximum absolute atomic E-state index is 12.1. The predicted octanol–water partition coefficient (Wildman–Crippen LogP) is 1.91. The lowest BCUT2D eigenvalue weighted by atomic mass is 9.99. The van der Waals surface area contributed by atoms with Crippen LogP contribution in [0.1, 0.15) is 24.6 Å². The van der Waals surface area contributed by atoms with Gasteiger partial charge in [-0.05, 0) is 31.9 Å². The van der Waals surface area contributed by atoms with Crippen LogP contribution in [0.3, 0.4) is 0 Å². The molecule has 2 heterocycles. The SMILES string of the molecule is CCS(=O)(=O)N1CCC[C@H](C(=O)N/N=C\c2ccc(Cl)s2)C1. The number of nitrogens with zero attached hydrogens (tertiary/aromatic N) is 2. The molecule has 0 bridgehead atoms. The summed E-state index contributed by atoms with van der Waals surface area (Å²) in [6.07, 6.45) is 2.88. The van der Waals surface area contributed by atoms with Gasteiger partial charge in [0, 0.05) is 18.0 Å². The molecule has 22 heavy (non-hydrogen) atoms. The molecule has 2 rings (SSSR count).